The van der Waals surface area contributed by atoms with Crippen LogP contribution in [-0.4, -0.2) is 34.7 Å². The van der Waals surface area contributed by atoms with Crippen LogP contribution in [0.15, 0.2) is 24.3 Å². The normalized spacial score (nSPS) is 13.2. The molecule has 26 heavy (non-hydrogen) atoms. The van der Waals surface area contributed by atoms with Gasteiger partial charge in [0.05, 0.1) is 24.4 Å². The molecule has 0 aliphatic carbocycles. The zero-order valence-corrected chi connectivity index (χ0v) is 14.9. The molecule has 1 aliphatic heterocycles. The topological polar surface area (TPSA) is 70.4 Å². The van der Waals surface area contributed by atoms with Crippen LogP contribution >= 0.6 is 0 Å². The molecular weight excluding hydrogens is 332 g/mol. The molecule has 0 N–H and O–H groups in total. The van der Waals surface area contributed by atoms with Gasteiger partial charge in [-0.15, -0.1) is 0 Å². The summed E-state index contributed by atoms with van der Waals surface area (Å²) in [5.74, 6) is -1.13. The number of carbonyl (C=O) groups is 2. The van der Waals surface area contributed by atoms with Gasteiger partial charge in [-0.1, -0.05) is 18.2 Å². The molecule has 0 unspecified atom stereocenters. The quantitative estimate of drug-likeness (QED) is 0.672. The van der Waals surface area contributed by atoms with Gasteiger partial charge in [-0.3, -0.25) is 0 Å². The number of hydrogen-bond donors (Lipinski definition) is 0. The van der Waals surface area contributed by atoms with Gasteiger partial charge in [0.15, 0.2) is 5.69 Å². The van der Waals surface area contributed by atoms with E-state index in [0.29, 0.717) is 0 Å². The van der Waals surface area contributed by atoms with Crippen molar-refractivity contribution in [2.24, 2.45) is 0 Å². The van der Waals surface area contributed by atoms with Gasteiger partial charge in [0.25, 0.3) is 0 Å². The molecule has 0 amide bonds. The number of hydrogen-bond acceptors (Lipinski definition) is 5. The first-order chi connectivity index (χ1) is 12.7. The molecule has 0 fully saturated rings. The monoisotopic (exact) mass is 352 g/mol. The molecule has 4 rings (SSSR count). The summed E-state index contributed by atoms with van der Waals surface area (Å²) in [7, 11) is 0. The lowest BCUT2D eigenvalue weighted by Crippen LogP contribution is -2.19. The smallest absolute Gasteiger partial charge is 0.357 e. The van der Waals surface area contributed by atoms with Crippen LogP contribution < -0.4 is 0 Å². The third-order valence-electron chi connectivity index (χ3n) is 4.72. The molecule has 0 saturated carbocycles. The fraction of sp³-hybridized carbons (Fsp3) is 0.350. The molecule has 3 aromatic rings. The zero-order valence-electron chi connectivity index (χ0n) is 14.9. The Morgan fingerprint density at radius 1 is 1.12 bits per heavy atom. The fourth-order valence-electron chi connectivity index (χ4n) is 3.78. The minimum absolute atomic E-state index is 0.0533. The summed E-state index contributed by atoms with van der Waals surface area (Å²) in [6.07, 6.45) is 1.71. The van der Waals surface area contributed by atoms with Crippen LogP contribution in [0.1, 0.15) is 46.8 Å². The Bertz CT molecular complexity index is 1040. The average molecular weight is 352 g/mol. The van der Waals surface area contributed by atoms with Crippen LogP contribution in [0.4, 0.5) is 0 Å². The molecule has 6 nitrogen and oxygen atoms in total. The number of esters is 2. The van der Waals surface area contributed by atoms with E-state index in [4.69, 9.17) is 9.47 Å². The SMILES string of the molecule is CCOC(=O)c1nc2c3c(c1C(=O)OCC)c1ccccc1n3CCC2. The van der Waals surface area contributed by atoms with E-state index in [2.05, 4.69) is 9.55 Å². The molecule has 0 spiro atoms. The zero-order chi connectivity index (χ0) is 18.3. The highest BCUT2D eigenvalue weighted by Crippen LogP contribution is 2.37. The number of pyridine rings is 1. The average Bonchev–Trinajstić information content (AvgIpc) is 2.98. The number of para-hydroxylation sites is 1. The van der Waals surface area contributed by atoms with Gasteiger partial charge in [-0.05, 0) is 32.8 Å². The number of benzene rings is 1. The molecule has 0 atom stereocenters. The van der Waals surface area contributed by atoms with Gasteiger partial charge in [-0.25, -0.2) is 14.6 Å². The van der Waals surface area contributed by atoms with Crippen molar-refractivity contribution in [3.63, 3.8) is 0 Å². The number of ether oxygens (including phenoxy) is 2. The number of aromatic nitrogens is 2. The molecule has 0 bridgehead atoms. The molecule has 2 aromatic heterocycles. The molecule has 6 heteroatoms. The second kappa shape index (κ2) is 6.44. The Hall–Kier alpha value is -2.89. The van der Waals surface area contributed by atoms with E-state index in [0.717, 1.165) is 46.9 Å². The predicted molar refractivity (Wildman–Crippen MR) is 97.5 cm³/mol. The highest BCUT2D eigenvalue weighted by molar-refractivity contribution is 6.21. The van der Waals surface area contributed by atoms with Gasteiger partial charge in [0, 0.05) is 22.8 Å². The first-order valence-electron chi connectivity index (χ1n) is 8.95. The minimum atomic E-state index is -0.587. The summed E-state index contributed by atoms with van der Waals surface area (Å²) in [5, 5.41) is 1.67. The fourth-order valence-corrected chi connectivity index (χ4v) is 3.78. The lowest BCUT2D eigenvalue weighted by atomic mass is 10.0. The van der Waals surface area contributed by atoms with Crippen molar-refractivity contribution in [2.75, 3.05) is 13.2 Å². The molecule has 0 radical (unpaired) electrons. The second-order valence-corrected chi connectivity index (χ2v) is 6.22. The van der Waals surface area contributed by atoms with E-state index in [1.807, 2.05) is 24.3 Å². The van der Waals surface area contributed by atoms with Gasteiger partial charge >= 0.3 is 11.9 Å². The van der Waals surface area contributed by atoms with Gasteiger partial charge in [-0.2, -0.15) is 0 Å². The summed E-state index contributed by atoms with van der Waals surface area (Å²) < 4.78 is 12.6. The minimum Gasteiger partial charge on any atom is -0.462 e. The summed E-state index contributed by atoms with van der Waals surface area (Å²) >= 11 is 0. The summed E-state index contributed by atoms with van der Waals surface area (Å²) in [5.41, 5.74) is 3.06. The van der Waals surface area contributed by atoms with Crippen molar-refractivity contribution >= 4 is 33.7 Å². The Balaban J connectivity index is 2.15. The van der Waals surface area contributed by atoms with E-state index >= 15 is 0 Å². The van der Waals surface area contributed by atoms with Gasteiger partial charge in [0.2, 0.25) is 0 Å². The Morgan fingerprint density at radius 2 is 1.85 bits per heavy atom. The van der Waals surface area contributed by atoms with Crippen LogP contribution in [-0.2, 0) is 22.4 Å². The molecule has 1 aromatic carbocycles. The Morgan fingerprint density at radius 3 is 2.62 bits per heavy atom. The summed E-state index contributed by atoms with van der Waals surface area (Å²) in [6.45, 7) is 4.78. The van der Waals surface area contributed by atoms with Crippen LogP contribution in [0, 0.1) is 0 Å². The third kappa shape index (κ3) is 2.36. The molecule has 3 heterocycles. The van der Waals surface area contributed by atoms with Crippen LogP contribution in [0.2, 0.25) is 0 Å². The van der Waals surface area contributed by atoms with Crippen molar-refractivity contribution in [1.29, 1.82) is 0 Å². The van der Waals surface area contributed by atoms with Crippen LogP contribution in [0.5, 0.6) is 0 Å². The van der Waals surface area contributed by atoms with Crippen LogP contribution in [0.3, 0.4) is 0 Å². The Labute approximate surface area is 150 Å². The first kappa shape index (κ1) is 16.6. The molecular formula is C20H20N2O4. The van der Waals surface area contributed by atoms with Crippen molar-refractivity contribution < 1.29 is 19.1 Å². The number of rotatable bonds is 4. The standard InChI is InChI=1S/C20H20N2O4/c1-3-25-19(23)16-15-12-8-5-6-10-14(12)22-11-7-9-13(18(15)22)21-17(16)20(24)26-4-2/h5-6,8,10H,3-4,7,9,11H2,1-2H3. The van der Waals surface area contributed by atoms with Gasteiger partial charge < -0.3 is 14.0 Å². The lowest BCUT2D eigenvalue weighted by Gasteiger charge is -2.18. The summed E-state index contributed by atoms with van der Waals surface area (Å²) in [4.78, 5) is 29.9. The predicted octanol–water partition coefficient (Wildman–Crippen LogP) is 3.49. The number of nitrogens with zero attached hydrogens (tertiary/aromatic N) is 2. The van der Waals surface area contributed by atoms with Crippen molar-refractivity contribution in [1.82, 2.24) is 9.55 Å². The highest BCUT2D eigenvalue weighted by atomic mass is 16.5. The van der Waals surface area contributed by atoms with Crippen molar-refractivity contribution in [3.05, 3.63) is 41.2 Å². The second-order valence-electron chi connectivity index (χ2n) is 6.22. The maximum atomic E-state index is 12.8. The van der Waals surface area contributed by atoms with Gasteiger partial charge in [0.1, 0.15) is 5.56 Å². The highest BCUT2D eigenvalue weighted by Gasteiger charge is 2.30. The largest absolute Gasteiger partial charge is 0.462 e. The number of aryl methyl sites for hydroxylation is 2. The number of fused-ring (bicyclic) bond motifs is 3. The lowest BCUT2D eigenvalue weighted by molar-refractivity contribution is 0.0475. The molecule has 0 saturated heterocycles. The van der Waals surface area contributed by atoms with E-state index in [1.54, 1.807) is 13.8 Å². The maximum Gasteiger partial charge on any atom is 0.357 e. The van der Waals surface area contributed by atoms with Crippen LogP contribution in [0.25, 0.3) is 21.8 Å². The summed E-state index contributed by atoms with van der Waals surface area (Å²) in [6, 6.07) is 7.91. The van der Waals surface area contributed by atoms with Crippen molar-refractivity contribution in [2.45, 2.75) is 33.2 Å². The molecule has 1 aliphatic rings. The Kier molecular flexibility index (Phi) is 4.11. The van der Waals surface area contributed by atoms with E-state index in [-0.39, 0.29) is 24.5 Å². The van der Waals surface area contributed by atoms with Crippen molar-refractivity contribution in [3.8, 4) is 0 Å². The van der Waals surface area contributed by atoms with E-state index < -0.39 is 11.9 Å². The first-order valence-corrected chi connectivity index (χ1v) is 8.95. The molecule has 134 valence electrons. The van der Waals surface area contributed by atoms with E-state index in [1.165, 1.54) is 0 Å². The maximum absolute atomic E-state index is 12.8. The third-order valence-corrected chi connectivity index (χ3v) is 4.72. The van der Waals surface area contributed by atoms with E-state index in [9.17, 15) is 9.59 Å². The number of carbonyl (C=O) groups excluding carboxylic acids is 2.